The Morgan fingerprint density at radius 3 is 2.12 bits per heavy atom. The van der Waals surface area contributed by atoms with E-state index >= 15 is 0 Å². The zero-order chi connectivity index (χ0) is 36.4. The molecule has 8 heteroatoms. The fourth-order valence-electron chi connectivity index (χ4n) is 11.5. The van der Waals surface area contributed by atoms with E-state index in [4.69, 9.17) is 14.6 Å². The van der Waals surface area contributed by atoms with Crippen LogP contribution in [0, 0.1) is 50.2 Å². The number of carboxylic acids is 2. The summed E-state index contributed by atoms with van der Waals surface area (Å²) in [6, 6.07) is 5.18. The minimum atomic E-state index is -0.982. The zero-order valence-corrected chi connectivity index (χ0v) is 31.0. The van der Waals surface area contributed by atoms with E-state index in [2.05, 4.69) is 41.5 Å². The smallest absolute Gasteiger partial charge is 0.328 e. The van der Waals surface area contributed by atoms with Crippen molar-refractivity contribution in [3.63, 3.8) is 0 Å². The van der Waals surface area contributed by atoms with Gasteiger partial charge in [0.15, 0.2) is 17.3 Å². The third-order valence-corrected chi connectivity index (χ3v) is 14.9. The molecule has 5 aliphatic carbocycles. The van der Waals surface area contributed by atoms with Crippen molar-refractivity contribution in [3.8, 4) is 11.5 Å². The van der Waals surface area contributed by atoms with Crippen LogP contribution in [-0.4, -0.2) is 53.4 Å². The average Bonchev–Trinajstić information content (AvgIpc) is 3.03. The summed E-state index contributed by atoms with van der Waals surface area (Å²) in [5.74, 6) is 0.268. The highest BCUT2D eigenvalue weighted by Gasteiger charge is 2.70. The van der Waals surface area contributed by atoms with E-state index in [0.717, 1.165) is 63.0 Å². The van der Waals surface area contributed by atoms with Crippen molar-refractivity contribution < 1.29 is 39.2 Å². The van der Waals surface area contributed by atoms with Gasteiger partial charge in [-0.25, -0.2) is 4.79 Å². The summed E-state index contributed by atoms with van der Waals surface area (Å²) in [5, 5.41) is 29.4. The first-order chi connectivity index (χ1) is 22.7. The number of rotatable bonds is 5. The number of ether oxygens (including phenoxy) is 2. The predicted molar refractivity (Wildman–Crippen MR) is 189 cm³/mol. The van der Waals surface area contributed by atoms with Gasteiger partial charge in [0, 0.05) is 12.0 Å². The second-order valence-electron chi connectivity index (χ2n) is 17.7. The first kappa shape index (κ1) is 37.1. The molecule has 0 aliphatic heterocycles. The summed E-state index contributed by atoms with van der Waals surface area (Å²) >= 11 is 0. The molecule has 3 N–H and O–H groups in total. The first-order valence-corrected chi connectivity index (χ1v) is 18.0. The third kappa shape index (κ3) is 5.84. The molecule has 4 saturated carbocycles. The Bertz CT molecular complexity index is 1560. The topological polar surface area (TPSA) is 130 Å². The van der Waals surface area contributed by atoms with Gasteiger partial charge in [-0.2, -0.15) is 0 Å². The molecule has 49 heavy (non-hydrogen) atoms. The van der Waals surface area contributed by atoms with E-state index in [-0.39, 0.29) is 50.8 Å². The van der Waals surface area contributed by atoms with Crippen LogP contribution in [0.4, 0.5) is 0 Å². The molecule has 9 atom stereocenters. The molecule has 0 saturated heterocycles. The summed E-state index contributed by atoms with van der Waals surface area (Å²) in [7, 11) is 3.08. The van der Waals surface area contributed by atoms with Crippen molar-refractivity contribution in [2.45, 2.75) is 112 Å². The van der Waals surface area contributed by atoms with Crippen molar-refractivity contribution >= 4 is 23.8 Å². The molecule has 1 aromatic rings. The molecule has 0 bridgehead atoms. The van der Waals surface area contributed by atoms with Crippen LogP contribution >= 0.6 is 0 Å². The summed E-state index contributed by atoms with van der Waals surface area (Å²) in [5.41, 5.74) is 0.887. The van der Waals surface area contributed by atoms with Gasteiger partial charge in [0.1, 0.15) is 0 Å². The van der Waals surface area contributed by atoms with Crippen molar-refractivity contribution in [1.29, 1.82) is 0 Å². The number of carboxylic acid groups (broad SMARTS) is 2. The lowest BCUT2D eigenvalue weighted by atomic mass is 9.33. The Balaban J connectivity index is 0.000000263. The monoisotopic (exact) mass is 678 g/mol. The van der Waals surface area contributed by atoms with E-state index in [9.17, 15) is 24.6 Å². The number of allylic oxidation sites excluding steroid dienone is 2. The minimum Gasteiger partial charge on any atom is -0.493 e. The van der Waals surface area contributed by atoms with Crippen LogP contribution in [0.3, 0.4) is 0 Å². The SMILES string of the molecule is CC1(C(=O)O)CCC2(C)CCC3(C)C(=CC(=O)C4C5(C)CCC(O)C(C)(C)C5CCC43C)C2C1.COc1ccc(C=CC(=O)O)cc1OC. The van der Waals surface area contributed by atoms with Crippen LogP contribution in [0.15, 0.2) is 35.9 Å². The van der Waals surface area contributed by atoms with Gasteiger partial charge in [-0.3, -0.25) is 9.59 Å². The number of aliphatic carboxylic acids is 2. The molecule has 0 heterocycles. The van der Waals surface area contributed by atoms with E-state index in [0.29, 0.717) is 23.8 Å². The van der Waals surface area contributed by atoms with Crippen molar-refractivity contribution in [3.05, 3.63) is 41.5 Å². The van der Waals surface area contributed by atoms with Crippen LogP contribution in [0.2, 0.25) is 0 Å². The van der Waals surface area contributed by atoms with Crippen LogP contribution in [0.5, 0.6) is 11.5 Å². The standard InChI is InChI=1S/C30H46O4.C11H12O4/c1-25(2)21-8-11-30(7)23(28(21,5)10-9-22(25)32)20(31)16-18-19-17-27(4,24(33)34)13-12-26(19,3)14-15-29(18,30)6;1-14-9-5-3-8(4-6-11(12)13)7-10(9)15-2/h16,19,21-23,32H,8-15,17H2,1-7H3,(H,33,34);3-7H,1-2H3,(H,12,13). The molecule has 0 amide bonds. The van der Waals surface area contributed by atoms with E-state index in [1.165, 1.54) is 18.8 Å². The van der Waals surface area contributed by atoms with Gasteiger partial charge in [-0.1, -0.05) is 53.2 Å². The first-order valence-electron chi connectivity index (χ1n) is 18.0. The van der Waals surface area contributed by atoms with Crippen LogP contribution in [0.25, 0.3) is 6.08 Å². The normalized spacial score (nSPS) is 40.7. The Kier molecular flexibility index (Phi) is 9.53. The lowest BCUT2D eigenvalue weighted by Gasteiger charge is -2.70. The number of hydrogen-bond donors (Lipinski definition) is 3. The van der Waals surface area contributed by atoms with Crippen LogP contribution in [0.1, 0.15) is 112 Å². The Morgan fingerprint density at radius 1 is 0.857 bits per heavy atom. The number of ketones is 1. The number of hydrogen-bond acceptors (Lipinski definition) is 6. The predicted octanol–water partition coefficient (Wildman–Crippen LogP) is 8.21. The number of benzene rings is 1. The van der Waals surface area contributed by atoms with Gasteiger partial charge >= 0.3 is 11.9 Å². The molecule has 0 radical (unpaired) electrons. The quantitative estimate of drug-likeness (QED) is 0.266. The second-order valence-corrected chi connectivity index (χ2v) is 17.7. The maximum atomic E-state index is 14.2. The lowest BCUT2D eigenvalue weighted by molar-refractivity contribution is -0.202. The number of aliphatic hydroxyl groups is 1. The van der Waals surface area contributed by atoms with Crippen molar-refractivity contribution in [2.24, 2.45) is 50.2 Å². The average molecular weight is 679 g/mol. The number of fused-ring (bicyclic) bond motifs is 7. The molecule has 0 aromatic heterocycles. The van der Waals surface area contributed by atoms with E-state index in [1.807, 2.05) is 13.0 Å². The maximum absolute atomic E-state index is 14.2. The maximum Gasteiger partial charge on any atom is 0.328 e. The second kappa shape index (κ2) is 12.6. The molecular formula is C41H58O8. The lowest BCUT2D eigenvalue weighted by Crippen LogP contribution is -2.66. The highest BCUT2D eigenvalue weighted by molar-refractivity contribution is 5.95. The molecule has 5 aliphatic rings. The zero-order valence-electron chi connectivity index (χ0n) is 31.0. The van der Waals surface area contributed by atoms with Gasteiger partial charge < -0.3 is 24.8 Å². The number of carbonyl (C=O) groups is 3. The molecule has 0 spiro atoms. The third-order valence-electron chi connectivity index (χ3n) is 14.9. The summed E-state index contributed by atoms with van der Waals surface area (Å²) < 4.78 is 10.1. The molecule has 6 rings (SSSR count). The molecule has 270 valence electrons. The van der Waals surface area contributed by atoms with Gasteiger partial charge in [0.2, 0.25) is 0 Å². The summed E-state index contributed by atoms with van der Waals surface area (Å²) in [6.07, 6.45) is 12.5. The van der Waals surface area contributed by atoms with Crippen LogP contribution in [-0.2, 0) is 14.4 Å². The molecule has 9 unspecified atom stereocenters. The van der Waals surface area contributed by atoms with Gasteiger partial charge in [-0.05, 0) is 133 Å². The van der Waals surface area contributed by atoms with Crippen molar-refractivity contribution in [1.82, 2.24) is 0 Å². The largest absolute Gasteiger partial charge is 0.493 e. The Morgan fingerprint density at radius 2 is 1.51 bits per heavy atom. The van der Waals surface area contributed by atoms with Gasteiger partial charge in [0.05, 0.1) is 25.7 Å². The van der Waals surface area contributed by atoms with E-state index < -0.39 is 17.4 Å². The van der Waals surface area contributed by atoms with E-state index in [1.54, 1.807) is 25.3 Å². The molecule has 1 aromatic carbocycles. The highest BCUT2D eigenvalue weighted by Crippen LogP contribution is 2.75. The summed E-state index contributed by atoms with van der Waals surface area (Å²) in [4.78, 5) is 36.7. The molecule has 4 fully saturated rings. The number of aliphatic hydroxyl groups excluding tert-OH is 1. The number of methoxy groups -OCH3 is 2. The number of carbonyl (C=O) groups excluding carboxylic acids is 1. The Hall–Kier alpha value is -3.13. The Labute approximate surface area is 292 Å². The fraction of sp³-hybridized carbons (Fsp3) is 0.683. The van der Waals surface area contributed by atoms with Crippen LogP contribution < -0.4 is 9.47 Å². The highest BCUT2D eigenvalue weighted by atomic mass is 16.5. The fourth-order valence-corrected chi connectivity index (χ4v) is 11.5. The van der Waals surface area contributed by atoms with Crippen molar-refractivity contribution in [2.75, 3.05) is 14.2 Å². The summed E-state index contributed by atoms with van der Waals surface area (Å²) in [6.45, 7) is 15.8. The van der Waals surface area contributed by atoms with Gasteiger partial charge in [-0.15, -0.1) is 0 Å². The molecular weight excluding hydrogens is 620 g/mol. The molecule has 8 nitrogen and oxygen atoms in total. The minimum absolute atomic E-state index is 0.0296. The van der Waals surface area contributed by atoms with Gasteiger partial charge in [0.25, 0.3) is 0 Å².